The van der Waals surface area contributed by atoms with Crippen molar-refractivity contribution in [3.05, 3.63) is 34.9 Å². The van der Waals surface area contributed by atoms with Crippen LogP contribution in [0.4, 0.5) is 0 Å². The molecule has 0 fully saturated rings. The first-order valence-electron chi connectivity index (χ1n) is 6.29. The molecule has 0 saturated heterocycles. The Hall–Kier alpha value is -0.760. The van der Waals surface area contributed by atoms with Crippen molar-refractivity contribution in [2.45, 2.75) is 45.8 Å². The number of carbonyl (C=O) groups is 1. The number of ketones is 1. The van der Waals surface area contributed by atoms with Crippen LogP contribution >= 0.6 is 11.8 Å². The largest absolute Gasteiger partial charge is 0.293 e. The van der Waals surface area contributed by atoms with E-state index in [0.29, 0.717) is 0 Å². The first kappa shape index (κ1) is 14.3. The van der Waals surface area contributed by atoms with Gasteiger partial charge in [0.25, 0.3) is 0 Å². The van der Waals surface area contributed by atoms with Crippen LogP contribution in [0.3, 0.4) is 0 Å². The van der Waals surface area contributed by atoms with Gasteiger partial charge in [0.2, 0.25) is 0 Å². The van der Waals surface area contributed by atoms with E-state index in [1.807, 2.05) is 32.9 Å². The van der Waals surface area contributed by atoms with Gasteiger partial charge in [-0.1, -0.05) is 31.0 Å². The average molecular weight is 250 g/mol. The first-order valence-corrected chi connectivity index (χ1v) is 7.34. The zero-order valence-electron chi connectivity index (χ0n) is 11.2. The number of benzene rings is 1. The highest BCUT2D eigenvalue weighted by atomic mass is 32.2. The van der Waals surface area contributed by atoms with Crippen LogP contribution in [0, 0.1) is 13.8 Å². The summed E-state index contributed by atoms with van der Waals surface area (Å²) in [5.41, 5.74) is 3.13. The van der Waals surface area contributed by atoms with Crippen molar-refractivity contribution < 1.29 is 4.79 Å². The van der Waals surface area contributed by atoms with E-state index in [0.717, 1.165) is 22.4 Å². The van der Waals surface area contributed by atoms with E-state index >= 15 is 0 Å². The summed E-state index contributed by atoms with van der Waals surface area (Å²) in [4.78, 5) is 12.3. The van der Waals surface area contributed by atoms with Gasteiger partial charge < -0.3 is 0 Å². The van der Waals surface area contributed by atoms with Crippen LogP contribution in [0.15, 0.2) is 18.2 Å². The molecule has 1 unspecified atom stereocenters. The maximum Gasteiger partial charge on any atom is 0.175 e. The fourth-order valence-corrected chi connectivity index (χ4v) is 2.79. The van der Waals surface area contributed by atoms with Crippen LogP contribution < -0.4 is 0 Å². The van der Waals surface area contributed by atoms with E-state index < -0.39 is 0 Å². The summed E-state index contributed by atoms with van der Waals surface area (Å²) in [6.45, 7) is 8.24. The molecule has 0 spiro atoms. The van der Waals surface area contributed by atoms with Gasteiger partial charge in [0.05, 0.1) is 5.25 Å². The number of hydrogen-bond donors (Lipinski definition) is 0. The summed E-state index contributed by atoms with van der Waals surface area (Å²) in [5.74, 6) is 1.35. The second-order valence-corrected chi connectivity index (χ2v) is 6.00. The molecule has 1 nitrogen and oxygen atoms in total. The summed E-state index contributed by atoms with van der Waals surface area (Å²) in [6, 6.07) is 6.10. The minimum absolute atomic E-state index is 0.0713. The van der Waals surface area contributed by atoms with Gasteiger partial charge >= 0.3 is 0 Å². The van der Waals surface area contributed by atoms with Gasteiger partial charge in [-0.3, -0.25) is 4.79 Å². The molecule has 1 atom stereocenters. The summed E-state index contributed by atoms with van der Waals surface area (Å²) < 4.78 is 0. The van der Waals surface area contributed by atoms with E-state index in [2.05, 4.69) is 13.0 Å². The van der Waals surface area contributed by atoms with Crippen LogP contribution in [-0.2, 0) is 0 Å². The number of Topliss-reactive ketones (excluding diaryl/α,β-unsaturated/α-hetero) is 1. The molecular formula is C15H22OS. The Morgan fingerprint density at radius 2 is 2.06 bits per heavy atom. The summed E-state index contributed by atoms with van der Waals surface area (Å²) >= 11 is 1.77. The van der Waals surface area contributed by atoms with Gasteiger partial charge in [0.15, 0.2) is 5.78 Å². The quantitative estimate of drug-likeness (QED) is 0.549. The molecular weight excluding hydrogens is 228 g/mol. The zero-order chi connectivity index (χ0) is 12.8. The minimum Gasteiger partial charge on any atom is -0.293 e. The number of hydrogen-bond acceptors (Lipinski definition) is 2. The molecule has 94 valence electrons. The monoisotopic (exact) mass is 250 g/mol. The number of rotatable bonds is 6. The smallest absolute Gasteiger partial charge is 0.175 e. The molecule has 17 heavy (non-hydrogen) atoms. The minimum atomic E-state index is 0.0713. The number of carbonyl (C=O) groups excluding carboxylic acids is 1. The highest BCUT2D eigenvalue weighted by Crippen LogP contribution is 2.20. The molecule has 0 N–H and O–H groups in total. The number of aryl methyl sites for hydroxylation is 2. The standard InChI is InChI=1S/C15H22OS/c1-5-6-9-17-13(4)15(16)14-10-11(2)7-8-12(14)3/h7-8,10,13H,5-6,9H2,1-4H3. The fraction of sp³-hybridized carbons (Fsp3) is 0.533. The Balaban J connectivity index is 2.71. The molecule has 0 aliphatic rings. The molecule has 0 saturated carbocycles. The summed E-state index contributed by atoms with van der Waals surface area (Å²) in [6.07, 6.45) is 2.38. The fourth-order valence-electron chi connectivity index (χ4n) is 1.70. The van der Waals surface area contributed by atoms with Gasteiger partial charge in [-0.2, -0.15) is 11.8 Å². The van der Waals surface area contributed by atoms with E-state index in [9.17, 15) is 4.79 Å². The Morgan fingerprint density at radius 3 is 2.71 bits per heavy atom. The Labute approximate surface area is 109 Å². The van der Waals surface area contributed by atoms with Gasteiger partial charge in [-0.15, -0.1) is 0 Å². The summed E-state index contributed by atoms with van der Waals surface area (Å²) in [5, 5.41) is 0.0713. The van der Waals surface area contributed by atoms with Gasteiger partial charge in [-0.25, -0.2) is 0 Å². The molecule has 1 rings (SSSR count). The van der Waals surface area contributed by atoms with Gasteiger partial charge in [0, 0.05) is 5.56 Å². The zero-order valence-corrected chi connectivity index (χ0v) is 12.1. The van der Waals surface area contributed by atoms with Crippen molar-refractivity contribution >= 4 is 17.5 Å². The van der Waals surface area contributed by atoms with Crippen molar-refractivity contribution in [2.24, 2.45) is 0 Å². The first-order chi connectivity index (χ1) is 8.06. The lowest BCUT2D eigenvalue weighted by atomic mass is 10.0. The van der Waals surface area contributed by atoms with Crippen LogP contribution in [0.5, 0.6) is 0 Å². The molecule has 0 bridgehead atoms. The van der Waals surface area contributed by atoms with E-state index in [1.54, 1.807) is 11.8 Å². The Kier molecular flexibility index (Phi) is 5.76. The highest BCUT2D eigenvalue weighted by molar-refractivity contribution is 8.00. The Morgan fingerprint density at radius 1 is 1.35 bits per heavy atom. The predicted octanol–water partition coefficient (Wildman–Crippen LogP) is 4.41. The third-order valence-corrected chi connectivity index (χ3v) is 4.13. The van der Waals surface area contributed by atoms with Crippen molar-refractivity contribution in [3.8, 4) is 0 Å². The maximum absolute atomic E-state index is 12.3. The van der Waals surface area contributed by atoms with Gasteiger partial charge in [-0.05, 0) is 44.6 Å². The Bertz CT molecular complexity index is 385. The third-order valence-electron chi connectivity index (χ3n) is 2.89. The van der Waals surface area contributed by atoms with E-state index in [1.165, 1.54) is 12.8 Å². The molecule has 0 aliphatic carbocycles. The second-order valence-electron chi connectivity index (χ2n) is 4.55. The molecule has 0 radical (unpaired) electrons. The van der Waals surface area contributed by atoms with Crippen LogP contribution in [-0.4, -0.2) is 16.8 Å². The molecule has 2 heteroatoms. The molecule has 0 aromatic heterocycles. The lowest BCUT2D eigenvalue weighted by molar-refractivity contribution is 0.0993. The predicted molar refractivity (Wildman–Crippen MR) is 77.1 cm³/mol. The topological polar surface area (TPSA) is 17.1 Å². The van der Waals surface area contributed by atoms with E-state index in [4.69, 9.17) is 0 Å². The lowest BCUT2D eigenvalue weighted by Crippen LogP contribution is -2.15. The SMILES string of the molecule is CCCCSC(C)C(=O)c1cc(C)ccc1C. The van der Waals surface area contributed by atoms with Gasteiger partial charge in [0.1, 0.15) is 0 Å². The highest BCUT2D eigenvalue weighted by Gasteiger charge is 2.17. The van der Waals surface area contributed by atoms with Crippen LogP contribution in [0.2, 0.25) is 0 Å². The van der Waals surface area contributed by atoms with Crippen molar-refractivity contribution in [3.63, 3.8) is 0 Å². The molecule has 1 aromatic rings. The van der Waals surface area contributed by atoms with Crippen molar-refractivity contribution in [1.82, 2.24) is 0 Å². The van der Waals surface area contributed by atoms with Crippen LogP contribution in [0.1, 0.15) is 48.2 Å². The molecule has 1 aromatic carbocycles. The molecule has 0 aliphatic heterocycles. The number of thioether (sulfide) groups is 1. The third kappa shape index (κ3) is 4.19. The maximum atomic E-state index is 12.3. The second kappa shape index (κ2) is 6.85. The average Bonchev–Trinajstić information content (AvgIpc) is 2.31. The molecule has 0 amide bonds. The summed E-state index contributed by atoms with van der Waals surface area (Å²) in [7, 11) is 0. The van der Waals surface area contributed by atoms with E-state index in [-0.39, 0.29) is 11.0 Å². The van der Waals surface area contributed by atoms with Crippen LogP contribution in [0.25, 0.3) is 0 Å². The van der Waals surface area contributed by atoms with Crippen molar-refractivity contribution in [2.75, 3.05) is 5.75 Å². The van der Waals surface area contributed by atoms with Crippen molar-refractivity contribution in [1.29, 1.82) is 0 Å². The number of unbranched alkanes of at least 4 members (excludes halogenated alkanes) is 1. The lowest BCUT2D eigenvalue weighted by Gasteiger charge is -2.12. The molecule has 0 heterocycles. The normalized spacial score (nSPS) is 12.5.